The van der Waals surface area contributed by atoms with Crippen molar-refractivity contribution in [1.82, 2.24) is 4.90 Å². The van der Waals surface area contributed by atoms with Crippen LogP contribution in [-0.2, 0) is 0 Å². The number of hydrogen-bond acceptors (Lipinski definition) is 2. The van der Waals surface area contributed by atoms with Crippen molar-refractivity contribution in [2.75, 3.05) is 25.0 Å². The zero-order valence-electron chi connectivity index (χ0n) is 12.2. The highest BCUT2D eigenvalue weighted by atomic mass is 79.9. The predicted molar refractivity (Wildman–Crippen MR) is 89.2 cm³/mol. The van der Waals surface area contributed by atoms with Crippen molar-refractivity contribution in [2.45, 2.75) is 44.6 Å². The van der Waals surface area contributed by atoms with Crippen LogP contribution in [0, 0.1) is 5.92 Å². The number of halogens is 1. The summed E-state index contributed by atoms with van der Waals surface area (Å²) in [6.07, 6.45) is 8.68. The van der Waals surface area contributed by atoms with Gasteiger partial charge in [-0.15, -0.1) is 0 Å². The van der Waals surface area contributed by atoms with Gasteiger partial charge in [-0.1, -0.05) is 34.8 Å². The molecule has 0 radical (unpaired) electrons. The molecule has 3 heteroatoms. The van der Waals surface area contributed by atoms with E-state index in [-0.39, 0.29) is 0 Å². The van der Waals surface area contributed by atoms with Crippen molar-refractivity contribution < 1.29 is 0 Å². The number of anilines is 1. The second kappa shape index (κ2) is 6.95. The number of fused-ring (bicyclic) bond motifs is 1. The number of likely N-dealkylation sites (tertiary alicyclic amines) is 1. The minimum Gasteiger partial charge on any atom is -0.384 e. The number of rotatable bonds is 4. The Morgan fingerprint density at radius 1 is 1.15 bits per heavy atom. The van der Waals surface area contributed by atoms with Crippen LogP contribution in [0.1, 0.15) is 38.5 Å². The van der Waals surface area contributed by atoms with Crippen LogP contribution in [-0.4, -0.2) is 30.6 Å². The van der Waals surface area contributed by atoms with Gasteiger partial charge in [0.25, 0.3) is 0 Å². The molecule has 2 fully saturated rings. The van der Waals surface area contributed by atoms with E-state index in [0.717, 1.165) is 23.0 Å². The fourth-order valence-corrected chi connectivity index (χ4v) is 4.35. The Morgan fingerprint density at radius 2 is 2.00 bits per heavy atom. The first kappa shape index (κ1) is 14.4. The molecule has 1 N–H and O–H groups in total. The molecule has 3 rings (SSSR count). The Balaban J connectivity index is 1.50. The summed E-state index contributed by atoms with van der Waals surface area (Å²) in [5.74, 6) is 0.989. The lowest BCUT2D eigenvalue weighted by molar-refractivity contribution is 0.0645. The minimum absolute atomic E-state index is 0.877. The number of nitrogens with zero attached hydrogens (tertiary/aromatic N) is 1. The molecule has 1 saturated heterocycles. The van der Waals surface area contributed by atoms with Crippen molar-refractivity contribution >= 4 is 21.6 Å². The van der Waals surface area contributed by atoms with Crippen LogP contribution in [0.4, 0.5) is 5.69 Å². The number of nitrogens with one attached hydrogen (secondary N) is 1. The Morgan fingerprint density at radius 3 is 2.90 bits per heavy atom. The highest BCUT2D eigenvalue weighted by Crippen LogP contribution is 2.34. The molecule has 0 bridgehead atoms. The molecular formula is C17H25BrN2. The maximum Gasteiger partial charge on any atom is 0.0351 e. The van der Waals surface area contributed by atoms with Gasteiger partial charge in [0.1, 0.15) is 0 Å². The van der Waals surface area contributed by atoms with Gasteiger partial charge in [0.15, 0.2) is 0 Å². The van der Waals surface area contributed by atoms with Crippen LogP contribution in [0.15, 0.2) is 28.7 Å². The van der Waals surface area contributed by atoms with Crippen molar-refractivity contribution in [3.63, 3.8) is 0 Å². The topological polar surface area (TPSA) is 15.3 Å². The average molecular weight is 337 g/mol. The second-order valence-corrected chi connectivity index (χ2v) is 7.14. The molecule has 1 heterocycles. The van der Waals surface area contributed by atoms with Gasteiger partial charge in [-0.3, -0.25) is 4.90 Å². The lowest BCUT2D eigenvalue weighted by Crippen LogP contribution is -2.48. The third-order valence-corrected chi connectivity index (χ3v) is 5.40. The van der Waals surface area contributed by atoms with Crippen molar-refractivity contribution in [3.8, 4) is 0 Å². The smallest absolute Gasteiger partial charge is 0.0351 e. The summed E-state index contributed by atoms with van der Waals surface area (Å²) in [6.45, 7) is 3.55. The van der Waals surface area contributed by atoms with Gasteiger partial charge in [-0.05, 0) is 56.3 Å². The van der Waals surface area contributed by atoms with Crippen LogP contribution >= 0.6 is 15.9 Å². The van der Waals surface area contributed by atoms with Crippen molar-refractivity contribution in [2.24, 2.45) is 5.92 Å². The van der Waals surface area contributed by atoms with E-state index >= 15 is 0 Å². The van der Waals surface area contributed by atoms with Gasteiger partial charge in [-0.25, -0.2) is 0 Å². The molecule has 1 saturated carbocycles. The summed E-state index contributed by atoms with van der Waals surface area (Å²) in [4.78, 5) is 2.75. The first-order valence-electron chi connectivity index (χ1n) is 8.06. The van der Waals surface area contributed by atoms with E-state index in [0.29, 0.717) is 0 Å². The van der Waals surface area contributed by atoms with Gasteiger partial charge in [-0.2, -0.15) is 0 Å². The fraction of sp³-hybridized carbons (Fsp3) is 0.647. The molecule has 1 aromatic carbocycles. The Bertz CT molecular complexity index is 433. The molecule has 0 aromatic heterocycles. The van der Waals surface area contributed by atoms with Crippen LogP contribution in [0.3, 0.4) is 0 Å². The summed E-state index contributed by atoms with van der Waals surface area (Å²) >= 11 is 3.53. The molecule has 1 aromatic rings. The molecule has 2 aliphatic rings. The SMILES string of the molecule is Brc1cccc(NCCN2CCC[C@H]3CCCC[C@H]32)c1. The largest absolute Gasteiger partial charge is 0.384 e. The summed E-state index contributed by atoms with van der Waals surface area (Å²) in [6, 6.07) is 9.33. The van der Waals surface area contributed by atoms with Gasteiger partial charge < -0.3 is 5.32 Å². The zero-order chi connectivity index (χ0) is 13.8. The molecule has 110 valence electrons. The van der Waals surface area contributed by atoms with Crippen LogP contribution in [0.2, 0.25) is 0 Å². The second-order valence-electron chi connectivity index (χ2n) is 6.23. The molecule has 1 aliphatic carbocycles. The molecular weight excluding hydrogens is 312 g/mol. The van der Waals surface area contributed by atoms with Crippen LogP contribution in [0.5, 0.6) is 0 Å². The molecule has 0 spiro atoms. The summed E-state index contributed by atoms with van der Waals surface area (Å²) in [7, 11) is 0. The van der Waals surface area contributed by atoms with E-state index in [1.54, 1.807) is 0 Å². The van der Waals surface area contributed by atoms with E-state index < -0.39 is 0 Å². The maximum atomic E-state index is 3.56. The molecule has 20 heavy (non-hydrogen) atoms. The highest BCUT2D eigenvalue weighted by molar-refractivity contribution is 9.10. The first-order valence-corrected chi connectivity index (χ1v) is 8.86. The van der Waals surface area contributed by atoms with Crippen LogP contribution in [0.25, 0.3) is 0 Å². The van der Waals surface area contributed by atoms with Gasteiger partial charge in [0.05, 0.1) is 0 Å². The summed E-state index contributed by atoms with van der Waals surface area (Å²) in [5.41, 5.74) is 1.22. The van der Waals surface area contributed by atoms with E-state index in [9.17, 15) is 0 Å². The zero-order valence-corrected chi connectivity index (χ0v) is 13.7. The van der Waals surface area contributed by atoms with E-state index in [2.05, 4.69) is 50.4 Å². The third kappa shape index (κ3) is 3.56. The Hall–Kier alpha value is -0.540. The maximum absolute atomic E-state index is 3.56. The summed E-state index contributed by atoms with van der Waals surface area (Å²) in [5, 5.41) is 3.56. The number of piperidine rings is 1. The summed E-state index contributed by atoms with van der Waals surface area (Å²) < 4.78 is 1.15. The molecule has 0 unspecified atom stereocenters. The number of hydrogen-bond donors (Lipinski definition) is 1. The molecule has 2 nitrogen and oxygen atoms in total. The minimum atomic E-state index is 0.877. The van der Waals surface area contributed by atoms with Gasteiger partial charge >= 0.3 is 0 Å². The quantitative estimate of drug-likeness (QED) is 0.869. The third-order valence-electron chi connectivity index (χ3n) is 4.91. The van der Waals surface area contributed by atoms with Crippen LogP contribution < -0.4 is 5.32 Å². The normalized spacial score (nSPS) is 27.1. The monoisotopic (exact) mass is 336 g/mol. The Labute approximate surface area is 131 Å². The van der Waals surface area contributed by atoms with E-state index in [4.69, 9.17) is 0 Å². The number of benzene rings is 1. The molecule has 1 aliphatic heterocycles. The van der Waals surface area contributed by atoms with Gasteiger partial charge in [0, 0.05) is 29.3 Å². The fourth-order valence-electron chi connectivity index (χ4n) is 3.95. The highest BCUT2D eigenvalue weighted by Gasteiger charge is 2.32. The predicted octanol–water partition coefficient (Wildman–Crippen LogP) is 4.52. The van der Waals surface area contributed by atoms with Gasteiger partial charge in [0.2, 0.25) is 0 Å². The van der Waals surface area contributed by atoms with Crippen molar-refractivity contribution in [3.05, 3.63) is 28.7 Å². The average Bonchev–Trinajstić information content (AvgIpc) is 2.48. The van der Waals surface area contributed by atoms with E-state index in [1.165, 1.54) is 57.3 Å². The molecule has 2 atom stereocenters. The van der Waals surface area contributed by atoms with E-state index in [1.807, 2.05) is 0 Å². The Kier molecular flexibility index (Phi) is 5.00. The van der Waals surface area contributed by atoms with Crippen molar-refractivity contribution in [1.29, 1.82) is 0 Å². The standard InChI is InChI=1S/C17H25BrN2/c18-15-7-3-8-16(13-15)19-10-12-20-11-4-6-14-5-1-2-9-17(14)20/h3,7-8,13-14,17,19H,1-2,4-6,9-12H2/t14-,17-/m1/s1. The lowest BCUT2D eigenvalue weighted by atomic mass is 9.78. The molecule has 0 amide bonds. The lowest BCUT2D eigenvalue weighted by Gasteiger charge is -2.44. The first-order chi connectivity index (χ1) is 9.83.